The van der Waals surface area contributed by atoms with Crippen LogP contribution in [0.2, 0.25) is 0 Å². The Morgan fingerprint density at radius 1 is 1.09 bits per heavy atom. The molecule has 0 spiro atoms. The first kappa shape index (κ1) is 22.5. The quantitative estimate of drug-likeness (QED) is 0.443. The van der Waals surface area contributed by atoms with Gasteiger partial charge in [-0.3, -0.25) is 9.78 Å². The van der Waals surface area contributed by atoms with Gasteiger partial charge in [-0.2, -0.15) is 5.10 Å². The van der Waals surface area contributed by atoms with E-state index < -0.39 is 24.4 Å². The second-order valence-electron chi connectivity index (χ2n) is 6.81. The molecule has 1 amide bonds. The van der Waals surface area contributed by atoms with Crippen molar-refractivity contribution >= 4 is 23.4 Å². The second-order valence-corrected chi connectivity index (χ2v) is 6.81. The van der Waals surface area contributed by atoms with Crippen molar-refractivity contribution in [1.82, 2.24) is 19.7 Å². The van der Waals surface area contributed by atoms with Crippen molar-refractivity contribution in [2.24, 2.45) is 0 Å². The van der Waals surface area contributed by atoms with Gasteiger partial charge in [0.15, 0.2) is 0 Å². The van der Waals surface area contributed by atoms with Gasteiger partial charge in [0.05, 0.1) is 11.9 Å². The molecule has 0 atom stereocenters. The van der Waals surface area contributed by atoms with E-state index in [0.717, 1.165) is 0 Å². The van der Waals surface area contributed by atoms with Crippen molar-refractivity contribution in [3.05, 3.63) is 70.8 Å². The van der Waals surface area contributed by atoms with Crippen molar-refractivity contribution < 1.29 is 19.1 Å². The van der Waals surface area contributed by atoms with Crippen LogP contribution in [0.25, 0.3) is 11.3 Å². The maximum absolute atomic E-state index is 13.1. The number of hydrogen-bond acceptors (Lipinski definition) is 8. The average molecular weight is 437 g/mol. The number of carbonyl (C=O) groups excluding carboxylic acids is 2. The Balaban J connectivity index is 2.10. The van der Waals surface area contributed by atoms with Crippen molar-refractivity contribution in [1.29, 1.82) is 0 Å². The Hall–Kier alpha value is -4.21. The van der Waals surface area contributed by atoms with Crippen LogP contribution >= 0.6 is 0 Å². The first-order valence-corrected chi connectivity index (χ1v) is 9.81. The van der Waals surface area contributed by atoms with Gasteiger partial charge in [-0.1, -0.05) is 30.3 Å². The highest BCUT2D eigenvalue weighted by Crippen LogP contribution is 2.27. The van der Waals surface area contributed by atoms with Crippen LogP contribution < -0.4 is 10.9 Å². The minimum Gasteiger partial charge on any atom is -0.424 e. The van der Waals surface area contributed by atoms with Gasteiger partial charge in [0.1, 0.15) is 16.9 Å². The number of aromatic nitrogens is 3. The smallest absolute Gasteiger partial charge is 0.412 e. The standard InChI is InChI=1S/C22H23N5O5/c1-4-27-20(28)19(24-16-11-8-12-23-13-16)17(18(25-27)15-9-6-5-7-10-15)21(29)31-14-32-22(30)26(2)3/h5-13,24H,4,14H2,1-3H3. The van der Waals surface area contributed by atoms with Gasteiger partial charge in [-0.15, -0.1) is 0 Å². The first-order valence-electron chi connectivity index (χ1n) is 9.81. The van der Waals surface area contributed by atoms with Crippen LogP contribution in [0.1, 0.15) is 17.3 Å². The number of amides is 1. The van der Waals surface area contributed by atoms with Crippen LogP contribution in [-0.4, -0.2) is 52.6 Å². The minimum atomic E-state index is -0.866. The molecule has 10 heteroatoms. The van der Waals surface area contributed by atoms with E-state index >= 15 is 0 Å². The highest BCUT2D eigenvalue weighted by atomic mass is 16.7. The fourth-order valence-corrected chi connectivity index (χ4v) is 2.81. The van der Waals surface area contributed by atoms with E-state index in [1.165, 1.54) is 29.9 Å². The molecule has 32 heavy (non-hydrogen) atoms. The Morgan fingerprint density at radius 3 is 2.47 bits per heavy atom. The van der Waals surface area contributed by atoms with E-state index in [1.54, 1.807) is 49.5 Å². The van der Waals surface area contributed by atoms with Gasteiger partial charge >= 0.3 is 12.1 Å². The summed E-state index contributed by atoms with van der Waals surface area (Å²) in [6.07, 6.45) is 2.44. The molecule has 0 bridgehead atoms. The van der Waals surface area contributed by atoms with E-state index in [0.29, 0.717) is 11.3 Å². The number of rotatable bonds is 7. The summed E-state index contributed by atoms with van der Waals surface area (Å²) in [6, 6.07) is 12.3. The summed E-state index contributed by atoms with van der Waals surface area (Å²) in [4.78, 5) is 43.0. The third kappa shape index (κ3) is 5.09. The van der Waals surface area contributed by atoms with Gasteiger partial charge in [0, 0.05) is 32.4 Å². The van der Waals surface area contributed by atoms with Crippen LogP contribution in [0.4, 0.5) is 16.2 Å². The maximum atomic E-state index is 13.1. The van der Waals surface area contributed by atoms with Gasteiger partial charge in [0.25, 0.3) is 5.56 Å². The van der Waals surface area contributed by atoms with Gasteiger partial charge in [-0.25, -0.2) is 14.3 Å². The average Bonchev–Trinajstić information content (AvgIpc) is 2.81. The molecule has 0 saturated heterocycles. The number of esters is 1. The van der Waals surface area contributed by atoms with Crippen LogP contribution in [0.5, 0.6) is 0 Å². The molecule has 2 heterocycles. The number of pyridine rings is 1. The predicted octanol–water partition coefficient (Wildman–Crippen LogP) is 2.88. The summed E-state index contributed by atoms with van der Waals surface area (Å²) >= 11 is 0. The maximum Gasteiger partial charge on any atom is 0.412 e. The molecular formula is C22H23N5O5. The normalized spacial score (nSPS) is 10.3. The third-order valence-electron chi connectivity index (χ3n) is 4.38. The molecule has 1 aromatic carbocycles. The zero-order valence-electron chi connectivity index (χ0n) is 17.9. The molecule has 0 aliphatic rings. The predicted molar refractivity (Wildman–Crippen MR) is 118 cm³/mol. The fourth-order valence-electron chi connectivity index (χ4n) is 2.81. The number of hydrogen-bond donors (Lipinski definition) is 1. The summed E-state index contributed by atoms with van der Waals surface area (Å²) < 4.78 is 11.3. The molecule has 1 N–H and O–H groups in total. The van der Waals surface area contributed by atoms with E-state index in [9.17, 15) is 14.4 Å². The van der Waals surface area contributed by atoms with E-state index in [1.807, 2.05) is 6.07 Å². The topological polar surface area (TPSA) is 116 Å². The molecule has 3 aromatic rings. The highest BCUT2D eigenvalue weighted by molar-refractivity contribution is 6.02. The molecule has 3 rings (SSSR count). The summed E-state index contributed by atoms with van der Waals surface area (Å²) in [6.45, 7) is 1.44. The molecule has 2 aromatic heterocycles. The van der Waals surface area contributed by atoms with Crippen LogP contribution in [0.3, 0.4) is 0 Å². The van der Waals surface area contributed by atoms with Crippen molar-refractivity contribution in [2.45, 2.75) is 13.5 Å². The summed E-state index contributed by atoms with van der Waals surface area (Å²) in [7, 11) is 3.00. The lowest BCUT2D eigenvalue weighted by molar-refractivity contribution is -0.00864. The Labute approximate surface area is 184 Å². The number of nitrogens with zero attached hydrogens (tertiary/aromatic N) is 4. The number of benzene rings is 1. The van der Waals surface area contributed by atoms with Crippen molar-refractivity contribution in [3.8, 4) is 11.3 Å². The zero-order chi connectivity index (χ0) is 23.1. The lowest BCUT2D eigenvalue weighted by Crippen LogP contribution is -2.29. The molecule has 0 aliphatic carbocycles. The second kappa shape index (κ2) is 10.2. The zero-order valence-corrected chi connectivity index (χ0v) is 17.9. The number of anilines is 2. The number of nitrogens with one attached hydrogen (secondary N) is 1. The first-order chi connectivity index (χ1) is 15.4. The largest absolute Gasteiger partial charge is 0.424 e. The highest BCUT2D eigenvalue weighted by Gasteiger charge is 2.26. The number of ether oxygens (including phenoxy) is 2. The minimum absolute atomic E-state index is 0.0161. The third-order valence-corrected chi connectivity index (χ3v) is 4.38. The van der Waals surface area contributed by atoms with Crippen LogP contribution in [0.15, 0.2) is 59.7 Å². The molecule has 0 unspecified atom stereocenters. The molecule has 0 saturated carbocycles. The van der Waals surface area contributed by atoms with Crippen molar-refractivity contribution in [3.63, 3.8) is 0 Å². The van der Waals surface area contributed by atoms with E-state index in [2.05, 4.69) is 15.4 Å². The lowest BCUT2D eigenvalue weighted by Gasteiger charge is -2.17. The van der Waals surface area contributed by atoms with Crippen LogP contribution in [0, 0.1) is 0 Å². The van der Waals surface area contributed by atoms with Gasteiger partial charge in [0.2, 0.25) is 6.79 Å². The fraction of sp³-hybridized carbons (Fsp3) is 0.227. The van der Waals surface area contributed by atoms with E-state index in [-0.39, 0.29) is 23.5 Å². The van der Waals surface area contributed by atoms with Crippen molar-refractivity contribution in [2.75, 3.05) is 26.2 Å². The molecule has 0 radical (unpaired) electrons. The molecule has 10 nitrogen and oxygen atoms in total. The van der Waals surface area contributed by atoms with Crippen LogP contribution in [-0.2, 0) is 16.0 Å². The molecule has 0 aliphatic heterocycles. The molecule has 166 valence electrons. The number of aryl methyl sites for hydroxylation is 1. The molecule has 0 fully saturated rings. The molecular weight excluding hydrogens is 414 g/mol. The monoisotopic (exact) mass is 437 g/mol. The lowest BCUT2D eigenvalue weighted by atomic mass is 10.0. The number of carbonyl (C=O) groups is 2. The summed E-state index contributed by atoms with van der Waals surface area (Å²) in [5, 5.41) is 7.36. The summed E-state index contributed by atoms with van der Waals surface area (Å²) in [5.41, 5.74) is 0.774. The Kier molecular flexibility index (Phi) is 7.17. The van der Waals surface area contributed by atoms with Gasteiger partial charge in [-0.05, 0) is 19.1 Å². The summed E-state index contributed by atoms with van der Waals surface area (Å²) in [5.74, 6) is -0.866. The Morgan fingerprint density at radius 2 is 1.84 bits per heavy atom. The Bertz CT molecular complexity index is 1150. The van der Waals surface area contributed by atoms with E-state index in [4.69, 9.17) is 9.47 Å². The SMILES string of the molecule is CCn1nc(-c2ccccc2)c(C(=O)OCOC(=O)N(C)C)c(Nc2cccnc2)c1=O. The van der Waals surface area contributed by atoms with Gasteiger partial charge < -0.3 is 19.7 Å².